The van der Waals surface area contributed by atoms with Crippen molar-refractivity contribution in [2.24, 2.45) is 16.6 Å². The molecule has 0 radical (unpaired) electrons. The van der Waals surface area contributed by atoms with Gasteiger partial charge in [0.05, 0.1) is 0 Å². The van der Waals surface area contributed by atoms with Gasteiger partial charge in [-0.2, -0.15) is 0 Å². The Kier molecular flexibility index (Phi) is 3.90. The first-order valence-electron chi connectivity index (χ1n) is 4.81. The lowest BCUT2D eigenvalue weighted by Gasteiger charge is -2.22. The van der Waals surface area contributed by atoms with Crippen molar-refractivity contribution in [2.45, 2.75) is 26.2 Å². The molecule has 0 saturated carbocycles. The molecule has 2 nitrogen and oxygen atoms in total. The normalized spacial score (nSPS) is 24.0. The minimum atomic E-state index is 0.684. The van der Waals surface area contributed by atoms with Gasteiger partial charge in [0.2, 0.25) is 0 Å². The minimum Gasteiger partial charge on any atom is -0.327 e. The van der Waals surface area contributed by atoms with E-state index in [9.17, 15) is 0 Å². The van der Waals surface area contributed by atoms with E-state index >= 15 is 0 Å². The fraction of sp³-hybridized carbons (Fsp3) is 0.545. The van der Waals surface area contributed by atoms with Crippen LogP contribution < -0.4 is 5.73 Å². The number of rotatable bonds is 3. The van der Waals surface area contributed by atoms with Gasteiger partial charge in [0.1, 0.15) is 0 Å². The van der Waals surface area contributed by atoms with Crippen LogP contribution in [0.3, 0.4) is 0 Å². The first kappa shape index (κ1) is 10.2. The van der Waals surface area contributed by atoms with E-state index in [0.29, 0.717) is 6.54 Å². The van der Waals surface area contributed by atoms with Crippen LogP contribution in [0.1, 0.15) is 26.2 Å². The predicted octanol–water partition coefficient (Wildman–Crippen LogP) is 2.28. The average molecular weight is 178 g/mol. The zero-order valence-electron chi connectivity index (χ0n) is 8.29. The Balaban J connectivity index is 2.77. The van der Waals surface area contributed by atoms with Crippen molar-refractivity contribution in [3.05, 3.63) is 23.4 Å². The summed E-state index contributed by atoms with van der Waals surface area (Å²) in [5, 5.41) is 0. The first-order valence-corrected chi connectivity index (χ1v) is 4.81. The van der Waals surface area contributed by atoms with Crippen LogP contribution in [-0.2, 0) is 0 Å². The number of aliphatic imine (C=N–C) groups is 1. The average Bonchev–Trinajstić information content (AvgIpc) is 2.15. The largest absolute Gasteiger partial charge is 0.327 e. The van der Waals surface area contributed by atoms with Gasteiger partial charge in [-0.25, -0.2) is 0 Å². The summed E-state index contributed by atoms with van der Waals surface area (Å²) in [5.41, 5.74) is 8.43. The van der Waals surface area contributed by atoms with E-state index in [-0.39, 0.29) is 0 Å². The van der Waals surface area contributed by atoms with Gasteiger partial charge in [-0.05, 0) is 43.5 Å². The van der Waals surface area contributed by atoms with E-state index in [2.05, 4.69) is 18.6 Å². The molecule has 72 valence electrons. The van der Waals surface area contributed by atoms with Crippen molar-refractivity contribution in [3.8, 4) is 0 Å². The smallest absolute Gasteiger partial charge is 0.0263 e. The highest BCUT2D eigenvalue weighted by molar-refractivity contribution is 5.31. The van der Waals surface area contributed by atoms with Gasteiger partial charge in [0.15, 0.2) is 0 Å². The van der Waals surface area contributed by atoms with Crippen molar-refractivity contribution < 1.29 is 0 Å². The van der Waals surface area contributed by atoms with Crippen molar-refractivity contribution in [1.29, 1.82) is 0 Å². The van der Waals surface area contributed by atoms with Crippen molar-refractivity contribution in [2.75, 3.05) is 6.54 Å². The third-order valence-corrected chi connectivity index (χ3v) is 2.59. The Labute approximate surface area is 80.2 Å². The highest BCUT2D eigenvalue weighted by Crippen LogP contribution is 2.29. The molecule has 1 aliphatic carbocycles. The summed E-state index contributed by atoms with van der Waals surface area (Å²) in [6.45, 7) is 6.39. The van der Waals surface area contributed by atoms with Crippen LogP contribution >= 0.6 is 0 Å². The third kappa shape index (κ3) is 2.81. The van der Waals surface area contributed by atoms with E-state index in [4.69, 9.17) is 5.73 Å². The fourth-order valence-corrected chi connectivity index (χ4v) is 1.76. The second-order valence-corrected chi connectivity index (χ2v) is 3.68. The molecule has 2 heteroatoms. The molecular weight excluding hydrogens is 160 g/mol. The summed E-state index contributed by atoms with van der Waals surface area (Å²) in [7, 11) is 0. The maximum Gasteiger partial charge on any atom is 0.0263 e. The van der Waals surface area contributed by atoms with Crippen LogP contribution in [0.4, 0.5) is 0 Å². The van der Waals surface area contributed by atoms with E-state index in [1.807, 2.05) is 6.08 Å². The lowest BCUT2D eigenvalue weighted by Crippen LogP contribution is -2.13. The first-order chi connectivity index (χ1) is 6.27. The van der Waals surface area contributed by atoms with Gasteiger partial charge < -0.3 is 5.73 Å². The molecule has 1 atom stereocenters. The molecule has 0 amide bonds. The molecule has 1 unspecified atom stereocenters. The Morgan fingerprint density at radius 1 is 1.69 bits per heavy atom. The summed E-state index contributed by atoms with van der Waals surface area (Å²) >= 11 is 0. The highest BCUT2D eigenvalue weighted by Gasteiger charge is 2.14. The van der Waals surface area contributed by atoms with Gasteiger partial charge >= 0.3 is 0 Å². The molecule has 0 bridgehead atoms. The number of nitrogens with zero attached hydrogens (tertiary/aromatic N) is 1. The number of hydrogen-bond acceptors (Lipinski definition) is 2. The highest BCUT2D eigenvalue weighted by atomic mass is 14.6. The Hall–Kier alpha value is -0.890. The monoisotopic (exact) mass is 178 g/mol. The van der Waals surface area contributed by atoms with Crippen LogP contribution in [0.5, 0.6) is 0 Å². The predicted molar refractivity (Wildman–Crippen MR) is 57.8 cm³/mol. The molecule has 0 aromatic rings. The van der Waals surface area contributed by atoms with Gasteiger partial charge in [-0.3, -0.25) is 4.99 Å². The minimum absolute atomic E-state index is 0.684. The van der Waals surface area contributed by atoms with Gasteiger partial charge in [0.25, 0.3) is 0 Å². The van der Waals surface area contributed by atoms with Crippen LogP contribution in [-0.4, -0.2) is 13.3 Å². The van der Waals surface area contributed by atoms with Crippen LogP contribution in [0.15, 0.2) is 28.4 Å². The zero-order chi connectivity index (χ0) is 9.68. The van der Waals surface area contributed by atoms with Crippen LogP contribution in [0.2, 0.25) is 0 Å². The van der Waals surface area contributed by atoms with E-state index in [1.165, 1.54) is 17.6 Å². The molecule has 0 aromatic heterocycles. The number of hydrogen-bond donors (Lipinski definition) is 1. The SMILES string of the molecule is C=N/C=C\C1=C(CN)CCC(C)C1. The Morgan fingerprint density at radius 3 is 3.08 bits per heavy atom. The molecule has 1 rings (SSSR count). The second-order valence-electron chi connectivity index (χ2n) is 3.68. The molecule has 0 aromatic carbocycles. The Morgan fingerprint density at radius 2 is 2.46 bits per heavy atom. The maximum absolute atomic E-state index is 5.67. The van der Waals surface area contributed by atoms with E-state index in [0.717, 1.165) is 18.8 Å². The lowest BCUT2D eigenvalue weighted by atomic mass is 9.85. The number of nitrogens with two attached hydrogens (primary N) is 1. The van der Waals surface area contributed by atoms with Gasteiger partial charge in [-0.15, -0.1) is 0 Å². The lowest BCUT2D eigenvalue weighted by molar-refractivity contribution is 0.499. The van der Waals surface area contributed by atoms with Crippen molar-refractivity contribution in [1.82, 2.24) is 0 Å². The van der Waals surface area contributed by atoms with Crippen molar-refractivity contribution >= 4 is 6.72 Å². The standard InChI is InChI=1S/C11H18N2/c1-9-3-4-11(8-12)10(7-9)5-6-13-2/h5-6,9H,2-4,7-8,12H2,1H3/b6-5-. The summed E-state index contributed by atoms with van der Waals surface area (Å²) in [4.78, 5) is 3.72. The maximum atomic E-state index is 5.67. The zero-order valence-corrected chi connectivity index (χ0v) is 8.29. The molecule has 0 aliphatic heterocycles. The second kappa shape index (κ2) is 4.97. The summed E-state index contributed by atoms with van der Waals surface area (Å²) in [6, 6.07) is 0. The van der Waals surface area contributed by atoms with E-state index in [1.54, 1.807) is 6.20 Å². The molecule has 0 spiro atoms. The molecule has 13 heavy (non-hydrogen) atoms. The summed E-state index contributed by atoms with van der Waals surface area (Å²) in [5.74, 6) is 0.778. The molecule has 0 fully saturated rings. The van der Waals surface area contributed by atoms with Crippen LogP contribution in [0, 0.1) is 5.92 Å². The number of allylic oxidation sites excluding steroid dienone is 2. The molecule has 1 aliphatic rings. The van der Waals surface area contributed by atoms with Gasteiger partial charge in [0, 0.05) is 12.7 Å². The van der Waals surface area contributed by atoms with Crippen molar-refractivity contribution in [3.63, 3.8) is 0 Å². The quantitative estimate of drug-likeness (QED) is 0.661. The van der Waals surface area contributed by atoms with Gasteiger partial charge in [-0.1, -0.05) is 12.5 Å². The third-order valence-electron chi connectivity index (χ3n) is 2.59. The molecule has 2 N–H and O–H groups in total. The summed E-state index contributed by atoms with van der Waals surface area (Å²) < 4.78 is 0. The molecular formula is C11H18N2. The molecule has 0 saturated heterocycles. The topological polar surface area (TPSA) is 38.4 Å². The van der Waals surface area contributed by atoms with Crippen LogP contribution in [0.25, 0.3) is 0 Å². The Bertz CT molecular complexity index is 238. The molecule has 0 heterocycles. The fourth-order valence-electron chi connectivity index (χ4n) is 1.76. The van der Waals surface area contributed by atoms with E-state index < -0.39 is 0 Å². The summed E-state index contributed by atoms with van der Waals surface area (Å²) in [6.07, 6.45) is 7.35.